The minimum Gasteiger partial charge on any atom is -0.392 e. The van der Waals surface area contributed by atoms with Crippen molar-refractivity contribution in [3.63, 3.8) is 0 Å². The minimum absolute atomic E-state index is 0.139. The number of hydrogen-bond donors (Lipinski definition) is 2. The van der Waals surface area contributed by atoms with Gasteiger partial charge in [-0.25, -0.2) is 0 Å². The smallest absolute Gasteiger partial charge is 0.0693 e. The van der Waals surface area contributed by atoms with Crippen LogP contribution in [0.4, 0.5) is 0 Å². The van der Waals surface area contributed by atoms with Gasteiger partial charge in [0.15, 0.2) is 0 Å². The molecule has 1 fully saturated rings. The summed E-state index contributed by atoms with van der Waals surface area (Å²) in [6.07, 6.45) is 5.49. The Kier molecular flexibility index (Phi) is 4.38. The molecule has 1 heterocycles. The van der Waals surface area contributed by atoms with E-state index in [-0.39, 0.29) is 6.10 Å². The number of aliphatic hydroxyl groups is 1. The van der Waals surface area contributed by atoms with E-state index in [0.717, 1.165) is 25.8 Å². The molecule has 2 atom stereocenters. The highest BCUT2D eigenvalue weighted by Gasteiger charge is 2.22. The molecule has 3 heteroatoms. The molecule has 1 saturated carbocycles. The lowest BCUT2D eigenvalue weighted by Crippen LogP contribution is -2.41. The molecule has 1 aromatic rings. The molecule has 1 aliphatic rings. The summed E-state index contributed by atoms with van der Waals surface area (Å²) in [6, 6.07) is 4.71. The van der Waals surface area contributed by atoms with Crippen molar-refractivity contribution in [1.29, 1.82) is 0 Å². The summed E-state index contributed by atoms with van der Waals surface area (Å²) in [5.41, 5.74) is 0. The number of thiophene rings is 1. The zero-order valence-corrected chi connectivity index (χ0v) is 10.7. The van der Waals surface area contributed by atoms with Crippen molar-refractivity contribution in [1.82, 2.24) is 5.32 Å². The van der Waals surface area contributed by atoms with Gasteiger partial charge in [0.2, 0.25) is 0 Å². The standard InChI is InChI=1S/C13H21NOS/c1-2-10-7-8-11(16-10)9-14-12-5-3-4-6-13(12)15/h7-8,12-15H,2-6,9H2,1H3. The molecule has 1 aromatic heterocycles. The molecule has 2 nitrogen and oxygen atoms in total. The molecule has 16 heavy (non-hydrogen) atoms. The van der Waals surface area contributed by atoms with Crippen LogP contribution in [0.5, 0.6) is 0 Å². The van der Waals surface area contributed by atoms with Crippen molar-refractivity contribution in [2.45, 2.75) is 57.7 Å². The topological polar surface area (TPSA) is 32.3 Å². The van der Waals surface area contributed by atoms with E-state index in [1.807, 2.05) is 11.3 Å². The van der Waals surface area contributed by atoms with Crippen molar-refractivity contribution < 1.29 is 5.11 Å². The summed E-state index contributed by atoms with van der Waals surface area (Å²) in [5.74, 6) is 0. The van der Waals surface area contributed by atoms with Crippen LogP contribution in [-0.2, 0) is 13.0 Å². The van der Waals surface area contributed by atoms with Gasteiger partial charge in [-0.3, -0.25) is 0 Å². The van der Waals surface area contributed by atoms with Gasteiger partial charge in [0.05, 0.1) is 6.10 Å². The van der Waals surface area contributed by atoms with Crippen LogP contribution in [0.1, 0.15) is 42.4 Å². The van der Waals surface area contributed by atoms with E-state index < -0.39 is 0 Å². The second kappa shape index (κ2) is 5.80. The van der Waals surface area contributed by atoms with Crippen LogP contribution in [0.15, 0.2) is 12.1 Å². The molecule has 0 saturated heterocycles. The van der Waals surface area contributed by atoms with Gasteiger partial charge in [-0.15, -0.1) is 11.3 Å². The fraction of sp³-hybridized carbons (Fsp3) is 0.692. The monoisotopic (exact) mass is 239 g/mol. The summed E-state index contributed by atoms with van der Waals surface area (Å²) < 4.78 is 0. The third kappa shape index (κ3) is 3.06. The van der Waals surface area contributed by atoms with Gasteiger partial charge in [-0.2, -0.15) is 0 Å². The maximum Gasteiger partial charge on any atom is 0.0693 e. The van der Waals surface area contributed by atoms with Crippen LogP contribution < -0.4 is 5.32 Å². The Morgan fingerprint density at radius 2 is 2.06 bits per heavy atom. The first-order valence-electron chi connectivity index (χ1n) is 6.28. The Labute approximate surface area is 102 Å². The molecule has 0 amide bonds. The van der Waals surface area contributed by atoms with Crippen LogP contribution in [-0.4, -0.2) is 17.3 Å². The van der Waals surface area contributed by atoms with Crippen LogP contribution in [0, 0.1) is 0 Å². The van der Waals surface area contributed by atoms with Gasteiger partial charge in [0, 0.05) is 22.3 Å². The number of hydrogen-bond acceptors (Lipinski definition) is 3. The molecule has 2 N–H and O–H groups in total. The predicted octanol–water partition coefficient (Wildman–Crippen LogP) is 2.70. The van der Waals surface area contributed by atoms with Gasteiger partial charge in [-0.1, -0.05) is 19.8 Å². The highest BCUT2D eigenvalue weighted by atomic mass is 32.1. The van der Waals surface area contributed by atoms with Gasteiger partial charge in [-0.05, 0) is 31.4 Å². The Hall–Kier alpha value is -0.380. The zero-order valence-electron chi connectivity index (χ0n) is 9.91. The lowest BCUT2D eigenvalue weighted by atomic mass is 9.92. The Bertz CT molecular complexity index is 323. The maximum absolute atomic E-state index is 9.84. The molecular weight excluding hydrogens is 218 g/mol. The van der Waals surface area contributed by atoms with Gasteiger partial charge in [0.25, 0.3) is 0 Å². The van der Waals surface area contributed by atoms with Gasteiger partial charge < -0.3 is 10.4 Å². The third-order valence-electron chi connectivity index (χ3n) is 3.33. The van der Waals surface area contributed by atoms with Crippen LogP contribution in [0.2, 0.25) is 0 Å². The molecular formula is C13H21NOS. The summed E-state index contributed by atoms with van der Waals surface area (Å²) in [6.45, 7) is 3.10. The molecule has 2 unspecified atom stereocenters. The van der Waals surface area contributed by atoms with E-state index in [9.17, 15) is 5.11 Å². The lowest BCUT2D eigenvalue weighted by Gasteiger charge is -2.28. The highest BCUT2D eigenvalue weighted by molar-refractivity contribution is 7.11. The first kappa shape index (κ1) is 12.1. The fourth-order valence-electron chi connectivity index (χ4n) is 2.29. The fourth-order valence-corrected chi connectivity index (χ4v) is 3.20. The lowest BCUT2D eigenvalue weighted by molar-refractivity contribution is 0.0904. The Morgan fingerprint density at radius 3 is 2.75 bits per heavy atom. The molecule has 0 aromatic carbocycles. The van der Waals surface area contributed by atoms with E-state index in [0.29, 0.717) is 6.04 Å². The molecule has 0 spiro atoms. The number of aryl methyl sites for hydroxylation is 1. The Morgan fingerprint density at radius 1 is 1.31 bits per heavy atom. The summed E-state index contributed by atoms with van der Waals surface area (Å²) in [7, 11) is 0. The second-order valence-corrected chi connectivity index (χ2v) is 5.81. The molecule has 2 rings (SSSR count). The molecule has 0 aliphatic heterocycles. The van der Waals surface area contributed by atoms with Crippen molar-refractivity contribution in [3.05, 3.63) is 21.9 Å². The first-order valence-corrected chi connectivity index (χ1v) is 7.10. The molecule has 0 radical (unpaired) electrons. The van der Waals surface area contributed by atoms with Crippen molar-refractivity contribution in [3.8, 4) is 0 Å². The van der Waals surface area contributed by atoms with Gasteiger partial charge >= 0.3 is 0 Å². The van der Waals surface area contributed by atoms with Crippen LogP contribution in [0.3, 0.4) is 0 Å². The first-order chi connectivity index (χ1) is 7.79. The molecule has 0 bridgehead atoms. The quantitative estimate of drug-likeness (QED) is 0.846. The van der Waals surface area contributed by atoms with E-state index in [4.69, 9.17) is 0 Å². The van der Waals surface area contributed by atoms with Crippen molar-refractivity contribution in [2.24, 2.45) is 0 Å². The third-order valence-corrected chi connectivity index (χ3v) is 4.56. The van der Waals surface area contributed by atoms with Crippen molar-refractivity contribution in [2.75, 3.05) is 0 Å². The van der Waals surface area contributed by atoms with Crippen molar-refractivity contribution >= 4 is 11.3 Å². The average molecular weight is 239 g/mol. The number of nitrogens with one attached hydrogen (secondary N) is 1. The van der Waals surface area contributed by atoms with E-state index in [2.05, 4.69) is 24.4 Å². The summed E-state index contributed by atoms with van der Waals surface area (Å²) in [5, 5.41) is 13.3. The minimum atomic E-state index is -0.139. The SMILES string of the molecule is CCc1ccc(CNC2CCCCC2O)s1. The van der Waals surface area contributed by atoms with E-state index >= 15 is 0 Å². The number of aliphatic hydroxyl groups excluding tert-OH is 1. The summed E-state index contributed by atoms with van der Waals surface area (Å²) in [4.78, 5) is 2.83. The van der Waals surface area contributed by atoms with Crippen LogP contribution >= 0.6 is 11.3 Å². The molecule has 90 valence electrons. The van der Waals surface area contributed by atoms with E-state index in [1.54, 1.807) is 0 Å². The highest BCUT2D eigenvalue weighted by Crippen LogP contribution is 2.20. The summed E-state index contributed by atoms with van der Waals surface area (Å²) >= 11 is 1.88. The second-order valence-electron chi connectivity index (χ2n) is 4.56. The zero-order chi connectivity index (χ0) is 11.4. The molecule has 1 aliphatic carbocycles. The average Bonchev–Trinajstić information content (AvgIpc) is 2.76. The van der Waals surface area contributed by atoms with Crippen LogP contribution in [0.25, 0.3) is 0 Å². The Balaban J connectivity index is 1.81. The normalized spacial score (nSPS) is 25.9. The van der Waals surface area contributed by atoms with Gasteiger partial charge in [0.1, 0.15) is 0 Å². The van der Waals surface area contributed by atoms with E-state index in [1.165, 1.54) is 22.6 Å². The number of rotatable bonds is 4. The predicted molar refractivity (Wildman–Crippen MR) is 68.8 cm³/mol. The maximum atomic E-state index is 9.84. The largest absolute Gasteiger partial charge is 0.392 e.